The van der Waals surface area contributed by atoms with Crippen molar-refractivity contribution in [3.8, 4) is 5.75 Å². The van der Waals surface area contributed by atoms with Gasteiger partial charge in [0.1, 0.15) is 27.0 Å². The summed E-state index contributed by atoms with van der Waals surface area (Å²) in [5, 5.41) is 20.0. The van der Waals surface area contributed by atoms with Crippen molar-refractivity contribution in [1.82, 2.24) is 4.90 Å². The topological polar surface area (TPSA) is 91.3 Å². The lowest BCUT2D eigenvalue weighted by atomic mass is 9.82. The summed E-state index contributed by atoms with van der Waals surface area (Å²) in [6.45, 7) is 5.14. The average molecular weight is 455 g/mol. The normalized spacial score (nSPS) is 17.4. The van der Waals surface area contributed by atoms with Gasteiger partial charge in [-0.1, -0.05) is 36.4 Å². The van der Waals surface area contributed by atoms with Crippen LogP contribution in [0, 0.1) is 0 Å². The molecule has 0 spiro atoms. The summed E-state index contributed by atoms with van der Waals surface area (Å²) in [6.07, 6.45) is 4.31. The number of hydrogen-bond acceptors (Lipinski definition) is 6. The second-order valence-electron chi connectivity index (χ2n) is 8.68. The van der Waals surface area contributed by atoms with Crippen LogP contribution in [-0.2, 0) is 6.54 Å². The molecule has 4 radical (unpaired) electrons. The molecule has 1 atom stereocenters. The SMILES string of the molecule is [B]C([B])Oc1cc(/C(=C/N)C(C)=Nc2ccccc2)ccc1CN1CCC=C([C@](C)(O)CO)C1. The molecule has 0 saturated carbocycles. The van der Waals surface area contributed by atoms with Gasteiger partial charge in [-0.05, 0) is 49.6 Å². The van der Waals surface area contributed by atoms with Crippen LogP contribution in [0.3, 0.4) is 0 Å². The fraction of sp³-hybridized carbons (Fsp3) is 0.346. The summed E-state index contributed by atoms with van der Waals surface area (Å²) in [5.41, 5.74) is 9.65. The van der Waals surface area contributed by atoms with E-state index in [0.717, 1.165) is 46.6 Å². The predicted molar refractivity (Wildman–Crippen MR) is 139 cm³/mol. The summed E-state index contributed by atoms with van der Waals surface area (Å²) in [6, 6.07) is 15.5. The zero-order valence-corrected chi connectivity index (χ0v) is 19.8. The number of hydrogen-bond donors (Lipinski definition) is 3. The number of allylic oxidation sites excluding steroid dienone is 1. The van der Waals surface area contributed by atoms with E-state index in [9.17, 15) is 10.2 Å². The van der Waals surface area contributed by atoms with E-state index < -0.39 is 11.5 Å². The van der Waals surface area contributed by atoms with Crippen LogP contribution in [0.15, 0.2) is 71.4 Å². The van der Waals surface area contributed by atoms with Gasteiger partial charge in [0.25, 0.3) is 0 Å². The maximum Gasteiger partial charge on any atom is 0.122 e. The molecule has 2 aromatic carbocycles. The Bertz CT molecular complexity index is 1070. The van der Waals surface area contributed by atoms with Crippen molar-refractivity contribution in [3.05, 3.63) is 77.5 Å². The number of rotatable bonds is 9. The van der Waals surface area contributed by atoms with Gasteiger partial charge in [0.2, 0.25) is 0 Å². The van der Waals surface area contributed by atoms with Gasteiger partial charge in [0, 0.05) is 48.6 Å². The molecule has 34 heavy (non-hydrogen) atoms. The minimum atomic E-state index is -1.24. The van der Waals surface area contributed by atoms with Crippen LogP contribution < -0.4 is 10.5 Å². The average Bonchev–Trinajstić information content (AvgIpc) is 2.81. The van der Waals surface area contributed by atoms with Crippen molar-refractivity contribution in [2.24, 2.45) is 10.7 Å². The molecular weight excluding hydrogens is 424 g/mol. The minimum Gasteiger partial charge on any atom is -0.510 e. The lowest BCUT2D eigenvalue weighted by Crippen LogP contribution is -2.40. The molecule has 4 N–H and O–H groups in total. The Kier molecular flexibility index (Phi) is 8.78. The highest BCUT2D eigenvalue weighted by Crippen LogP contribution is 2.30. The van der Waals surface area contributed by atoms with Gasteiger partial charge in [-0.2, -0.15) is 0 Å². The largest absolute Gasteiger partial charge is 0.510 e. The highest BCUT2D eigenvalue weighted by atomic mass is 16.5. The van der Waals surface area contributed by atoms with E-state index in [2.05, 4.69) is 9.89 Å². The molecule has 1 heterocycles. The Morgan fingerprint density at radius 2 is 2.00 bits per heavy atom. The highest BCUT2D eigenvalue weighted by Gasteiger charge is 2.28. The molecule has 2 aromatic rings. The predicted octanol–water partition coefficient (Wildman–Crippen LogP) is 2.65. The van der Waals surface area contributed by atoms with Crippen molar-refractivity contribution in [2.75, 3.05) is 19.7 Å². The Morgan fingerprint density at radius 1 is 1.26 bits per heavy atom. The molecule has 0 unspecified atom stereocenters. The maximum absolute atomic E-state index is 10.5. The Balaban J connectivity index is 1.86. The zero-order chi connectivity index (χ0) is 24.7. The third kappa shape index (κ3) is 6.63. The lowest BCUT2D eigenvalue weighted by molar-refractivity contribution is 0.0247. The van der Waals surface area contributed by atoms with Gasteiger partial charge in [-0.3, -0.25) is 9.89 Å². The monoisotopic (exact) mass is 455 g/mol. The summed E-state index contributed by atoms with van der Waals surface area (Å²) in [4.78, 5) is 6.86. The maximum atomic E-state index is 10.5. The van der Waals surface area contributed by atoms with Crippen LogP contribution in [0.1, 0.15) is 31.4 Å². The molecular formula is C26H31B2N3O3. The molecule has 0 saturated heterocycles. The smallest absolute Gasteiger partial charge is 0.122 e. The van der Waals surface area contributed by atoms with Crippen molar-refractivity contribution < 1.29 is 14.9 Å². The van der Waals surface area contributed by atoms with Crippen molar-refractivity contribution in [3.63, 3.8) is 0 Å². The van der Waals surface area contributed by atoms with Crippen molar-refractivity contribution in [2.45, 2.75) is 38.3 Å². The first-order valence-electron chi connectivity index (χ1n) is 11.3. The van der Waals surface area contributed by atoms with Crippen molar-refractivity contribution >= 4 is 32.7 Å². The number of aliphatic imine (C=N–C) groups is 1. The molecule has 3 rings (SSSR count). The quantitative estimate of drug-likeness (QED) is 0.307. The number of aliphatic hydroxyl groups is 2. The van der Waals surface area contributed by atoms with Crippen LogP contribution >= 0.6 is 0 Å². The van der Waals surface area contributed by atoms with E-state index in [-0.39, 0.29) is 6.61 Å². The van der Waals surface area contributed by atoms with Gasteiger partial charge < -0.3 is 20.7 Å². The van der Waals surface area contributed by atoms with Gasteiger partial charge in [0.15, 0.2) is 0 Å². The van der Waals surface area contributed by atoms with E-state index in [1.165, 1.54) is 6.20 Å². The van der Waals surface area contributed by atoms with Crippen LogP contribution in [0.2, 0.25) is 0 Å². The number of nitrogens with zero attached hydrogens (tertiary/aromatic N) is 2. The zero-order valence-electron chi connectivity index (χ0n) is 19.8. The number of aliphatic hydroxyl groups excluding tert-OH is 1. The molecule has 0 amide bonds. The van der Waals surface area contributed by atoms with Crippen LogP contribution in [0.25, 0.3) is 5.57 Å². The minimum absolute atomic E-state index is 0.324. The first kappa shape index (κ1) is 25.8. The highest BCUT2D eigenvalue weighted by molar-refractivity contribution is 6.34. The molecule has 1 aliphatic heterocycles. The number of benzene rings is 2. The van der Waals surface area contributed by atoms with Crippen molar-refractivity contribution in [1.29, 1.82) is 0 Å². The summed E-state index contributed by atoms with van der Waals surface area (Å²) < 4.78 is 5.75. The molecule has 8 heteroatoms. The summed E-state index contributed by atoms with van der Waals surface area (Å²) in [5.74, 6) is -0.422. The van der Waals surface area contributed by atoms with E-state index in [1.54, 1.807) is 6.92 Å². The third-order valence-electron chi connectivity index (χ3n) is 5.87. The molecule has 6 nitrogen and oxygen atoms in total. The van der Waals surface area contributed by atoms with E-state index in [1.807, 2.05) is 61.5 Å². The van der Waals surface area contributed by atoms with Gasteiger partial charge in [-0.25, -0.2) is 0 Å². The number of ether oxygens (including phenoxy) is 1. The molecule has 174 valence electrons. The lowest BCUT2D eigenvalue weighted by Gasteiger charge is -2.34. The summed E-state index contributed by atoms with van der Waals surface area (Å²) in [7, 11) is 11.5. The van der Waals surface area contributed by atoms with Gasteiger partial charge in [0.05, 0.1) is 12.3 Å². The fourth-order valence-corrected chi connectivity index (χ4v) is 3.96. The summed E-state index contributed by atoms with van der Waals surface area (Å²) >= 11 is 0. The fourth-order valence-electron chi connectivity index (χ4n) is 3.96. The number of nitrogens with two attached hydrogens (primary N) is 1. The Hall–Kier alpha value is -2.80. The van der Waals surface area contributed by atoms with Crippen LogP contribution in [0.5, 0.6) is 5.75 Å². The molecule has 1 aliphatic rings. The molecule has 0 bridgehead atoms. The van der Waals surface area contributed by atoms with Crippen LogP contribution in [-0.4, -0.2) is 67.7 Å². The van der Waals surface area contributed by atoms with E-state index >= 15 is 0 Å². The second-order valence-corrected chi connectivity index (χ2v) is 8.68. The standard InChI is InChI=1S/C26H31B2N3O3/c1-18(30-22-8-4-3-5-9-22)23(14-29)19-10-11-20(24(13-19)34-25(27)28)15-31-12-6-7-21(16-31)26(2,33)17-32/h3-5,7-11,13-14,25,32-33H,6,12,15-17,29H2,1-2H3/b23-14+,30-18?/t26-/m1/s1. The van der Waals surface area contributed by atoms with E-state index in [4.69, 9.17) is 26.2 Å². The molecule has 0 aliphatic carbocycles. The second kappa shape index (κ2) is 11.6. The van der Waals surface area contributed by atoms with E-state index in [0.29, 0.717) is 18.8 Å². The molecule has 0 aromatic heterocycles. The van der Waals surface area contributed by atoms with Crippen LogP contribution in [0.4, 0.5) is 5.69 Å². The first-order valence-corrected chi connectivity index (χ1v) is 11.3. The van der Waals surface area contributed by atoms with Gasteiger partial charge >= 0.3 is 0 Å². The molecule has 0 fully saturated rings. The number of para-hydroxylation sites is 1. The first-order chi connectivity index (χ1) is 16.2. The van der Waals surface area contributed by atoms with Gasteiger partial charge in [-0.15, -0.1) is 0 Å². The Morgan fingerprint density at radius 3 is 2.65 bits per heavy atom. The Labute approximate surface area is 204 Å². The third-order valence-corrected chi connectivity index (χ3v) is 5.87.